The van der Waals surface area contributed by atoms with Crippen LogP contribution in [0.3, 0.4) is 0 Å². The first kappa shape index (κ1) is 22.3. The molecule has 1 saturated heterocycles. The molecule has 0 atom stereocenters. The standard InChI is InChI=1S/C19H29N3O5S/c1-4-16(5-2)22(12-13-27-3)19(24)15-6-8-17(9-7-15)28(25,26)21-11-10-20-18(23)14-21/h6-9,16H,4-5,10-14H2,1-3H3,(H,20,23). The van der Waals surface area contributed by atoms with Gasteiger partial charge in [0.1, 0.15) is 0 Å². The number of carbonyl (C=O) groups excluding carboxylic acids is 2. The number of nitrogens with zero attached hydrogens (tertiary/aromatic N) is 2. The van der Waals surface area contributed by atoms with Gasteiger partial charge in [0.25, 0.3) is 5.91 Å². The number of amides is 2. The van der Waals surface area contributed by atoms with Gasteiger partial charge >= 0.3 is 0 Å². The summed E-state index contributed by atoms with van der Waals surface area (Å²) in [5, 5.41) is 2.60. The first-order valence-corrected chi connectivity index (χ1v) is 11.0. The van der Waals surface area contributed by atoms with E-state index in [1.54, 1.807) is 12.0 Å². The predicted octanol–water partition coefficient (Wildman–Crippen LogP) is 1.08. The summed E-state index contributed by atoms with van der Waals surface area (Å²) in [4.78, 5) is 26.3. The summed E-state index contributed by atoms with van der Waals surface area (Å²) in [5.41, 5.74) is 0.429. The van der Waals surface area contributed by atoms with Crippen molar-refractivity contribution in [3.8, 4) is 0 Å². The minimum atomic E-state index is -3.77. The van der Waals surface area contributed by atoms with E-state index in [1.165, 1.54) is 24.3 Å². The molecule has 0 aliphatic carbocycles. The zero-order valence-corrected chi connectivity index (χ0v) is 17.5. The van der Waals surface area contributed by atoms with Crippen LogP contribution in [0.1, 0.15) is 37.0 Å². The number of hydrogen-bond donors (Lipinski definition) is 1. The third-order valence-corrected chi connectivity index (χ3v) is 6.78. The molecule has 1 aromatic rings. The third-order valence-electron chi connectivity index (χ3n) is 4.92. The SMILES string of the molecule is CCC(CC)N(CCOC)C(=O)c1ccc(S(=O)(=O)N2CCNC(=O)C2)cc1. The van der Waals surface area contributed by atoms with Crippen LogP contribution in [0.4, 0.5) is 0 Å². The van der Waals surface area contributed by atoms with Gasteiger partial charge in [0.15, 0.2) is 0 Å². The van der Waals surface area contributed by atoms with E-state index >= 15 is 0 Å². The topological polar surface area (TPSA) is 96.0 Å². The molecule has 0 aromatic heterocycles. The maximum absolute atomic E-state index is 13.0. The van der Waals surface area contributed by atoms with Crippen molar-refractivity contribution in [3.05, 3.63) is 29.8 Å². The third kappa shape index (κ3) is 5.09. The van der Waals surface area contributed by atoms with Gasteiger partial charge in [0, 0.05) is 38.3 Å². The van der Waals surface area contributed by atoms with Crippen LogP contribution >= 0.6 is 0 Å². The molecule has 0 unspecified atom stereocenters. The van der Waals surface area contributed by atoms with Gasteiger partial charge in [-0.15, -0.1) is 0 Å². The van der Waals surface area contributed by atoms with Gasteiger partial charge in [-0.3, -0.25) is 9.59 Å². The van der Waals surface area contributed by atoms with E-state index in [-0.39, 0.29) is 35.8 Å². The van der Waals surface area contributed by atoms with Crippen LogP contribution in [0, 0.1) is 0 Å². The van der Waals surface area contributed by atoms with Crippen LogP contribution in [-0.4, -0.2) is 75.4 Å². The van der Waals surface area contributed by atoms with Crippen LogP contribution in [0.5, 0.6) is 0 Å². The molecule has 0 spiro atoms. The van der Waals surface area contributed by atoms with Gasteiger partial charge in [0.2, 0.25) is 15.9 Å². The van der Waals surface area contributed by atoms with Gasteiger partial charge in [-0.2, -0.15) is 4.31 Å². The Labute approximate surface area is 166 Å². The average molecular weight is 412 g/mol. The maximum Gasteiger partial charge on any atom is 0.254 e. The lowest BCUT2D eigenvalue weighted by Crippen LogP contribution is -2.49. The molecule has 0 bridgehead atoms. The molecule has 2 rings (SSSR count). The van der Waals surface area contributed by atoms with Crippen LogP contribution in [0.25, 0.3) is 0 Å². The number of carbonyl (C=O) groups is 2. The summed E-state index contributed by atoms with van der Waals surface area (Å²) in [6.07, 6.45) is 1.66. The highest BCUT2D eigenvalue weighted by molar-refractivity contribution is 7.89. The molecule has 8 nitrogen and oxygen atoms in total. The largest absolute Gasteiger partial charge is 0.383 e. The normalized spacial score (nSPS) is 15.5. The molecular weight excluding hydrogens is 382 g/mol. The molecule has 1 N–H and O–H groups in total. The van der Waals surface area contributed by atoms with Crippen molar-refractivity contribution < 1.29 is 22.7 Å². The zero-order valence-electron chi connectivity index (χ0n) is 16.7. The van der Waals surface area contributed by atoms with Gasteiger partial charge < -0.3 is 15.0 Å². The molecule has 28 heavy (non-hydrogen) atoms. The van der Waals surface area contributed by atoms with Crippen molar-refractivity contribution in [2.45, 2.75) is 37.6 Å². The smallest absolute Gasteiger partial charge is 0.254 e. The lowest BCUT2D eigenvalue weighted by Gasteiger charge is -2.30. The lowest BCUT2D eigenvalue weighted by atomic mass is 10.1. The van der Waals surface area contributed by atoms with Crippen LogP contribution in [0.15, 0.2) is 29.2 Å². The minimum Gasteiger partial charge on any atom is -0.383 e. The molecule has 1 aliphatic heterocycles. The second kappa shape index (κ2) is 9.99. The zero-order chi connectivity index (χ0) is 20.7. The molecule has 1 heterocycles. The summed E-state index contributed by atoms with van der Waals surface area (Å²) >= 11 is 0. The molecule has 1 fully saturated rings. The molecule has 0 saturated carbocycles. The summed E-state index contributed by atoms with van der Waals surface area (Å²) in [6.45, 7) is 5.31. The van der Waals surface area contributed by atoms with Gasteiger partial charge in [0.05, 0.1) is 18.0 Å². The first-order chi connectivity index (χ1) is 13.3. The number of methoxy groups -OCH3 is 1. The highest BCUT2D eigenvalue weighted by Crippen LogP contribution is 2.19. The Morgan fingerprint density at radius 2 is 1.89 bits per heavy atom. The Bertz CT molecular complexity index is 775. The van der Waals surface area contributed by atoms with E-state index < -0.39 is 10.0 Å². The van der Waals surface area contributed by atoms with E-state index in [2.05, 4.69) is 5.32 Å². The van der Waals surface area contributed by atoms with E-state index in [0.29, 0.717) is 25.3 Å². The number of benzene rings is 1. The fraction of sp³-hybridized carbons (Fsp3) is 0.579. The summed E-state index contributed by atoms with van der Waals surface area (Å²) < 4.78 is 31.7. The lowest BCUT2D eigenvalue weighted by molar-refractivity contribution is -0.122. The Morgan fingerprint density at radius 3 is 2.43 bits per heavy atom. The highest BCUT2D eigenvalue weighted by Gasteiger charge is 2.29. The highest BCUT2D eigenvalue weighted by atomic mass is 32.2. The summed E-state index contributed by atoms with van der Waals surface area (Å²) in [7, 11) is -2.18. The second-order valence-electron chi connectivity index (χ2n) is 6.67. The van der Waals surface area contributed by atoms with Crippen LogP contribution < -0.4 is 5.32 Å². The number of rotatable bonds is 9. The summed E-state index contributed by atoms with van der Waals surface area (Å²) in [5.74, 6) is -0.465. The molecule has 1 aliphatic rings. The monoisotopic (exact) mass is 411 g/mol. The van der Waals surface area contributed by atoms with Gasteiger partial charge in [-0.05, 0) is 37.1 Å². The van der Waals surface area contributed by atoms with Crippen molar-refractivity contribution in [1.82, 2.24) is 14.5 Å². The van der Waals surface area contributed by atoms with E-state index in [1.807, 2.05) is 13.8 Å². The first-order valence-electron chi connectivity index (χ1n) is 9.51. The number of hydrogen-bond acceptors (Lipinski definition) is 5. The predicted molar refractivity (Wildman–Crippen MR) is 105 cm³/mol. The number of sulfonamides is 1. The van der Waals surface area contributed by atoms with Gasteiger partial charge in [-0.1, -0.05) is 13.8 Å². The fourth-order valence-corrected chi connectivity index (χ4v) is 4.67. The average Bonchev–Trinajstić information content (AvgIpc) is 2.70. The molecule has 156 valence electrons. The van der Waals surface area contributed by atoms with Gasteiger partial charge in [-0.25, -0.2) is 8.42 Å². The Morgan fingerprint density at radius 1 is 1.25 bits per heavy atom. The Balaban J connectivity index is 2.21. The Kier molecular flexibility index (Phi) is 7.97. The number of ether oxygens (including phenoxy) is 1. The van der Waals surface area contributed by atoms with Crippen molar-refractivity contribution in [3.63, 3.8) is 0 Å². The van der Waals surface area contributed by atoms with Crippen LogP contribution in [0.2, 0.25) is 0 Å². The number of piperazine rings is 1. The van der Waals surface area contributed by atoms with Crippen molar-refractivity contribution in [2.75, 3.05) is 39.9 Å². The molecule has 1 aromatic carbocycles. The quantitative estimate of drug-likeness (QED) is 0.656. The van der Waals surface area contributed by atoms with E-state index in [0.717, 1.165) is 17.1 Å². The summed E-state index contributed by atoms with van der Waals surface area (Å²) in [6, 6.07) is 6.01. The molecular formula is C19H29N3O5S. The van der Waals surface area contributed by atoms with Crippen LogP contribution in [-0.2, 0) is 19.6 Å². The van der Waals surface area contributed by atoms with Crippen molar-refractivity contribution in [1.29, 1.82) is 0 Å². The Hall–Kier alpha value is -1.97. The second-order valence-corrected chi connectivity index (χ2v) is 8.61. The van der Waals surface area contributed by atoms with E-state index in [9.17, 15) is 18.0 Å². The van der Waals surface area contributed by atoms with Crippen molar-refractivity contribution in [2.24, 2.45) is 0 Å². The molecule has 2 amide bonds. The molecule has 0 radical (unpaired) electrons. The van der Waals surface area contributed by atoms with E-state index in [4.69, 9.17) is 4.74 Å². The maximum atomic E-state index is 13.0. The number of nitrogens with one attached hydrogen (secondary N) is 1. The molecule has 9 heteroatoms. The van der Waals surface area contributed by atoms with Crippen molar-refractivity contribution >= 4 is 21.8 Å². The fourth-order valence-electron chi connectivity index (χ4n) is 3.27. The minimum absolute atomic E-state index is 0.0738.